The van der Waals surface area contributed by atoms with Gasteiger partial charge in [-0.3, -0.25) is 4.79 Å². The summed E-state index contributed by atoms with van der Waals surface area (Å²) >= 11 is 0. The summed E-state index contributed by atoms with van der Waals surface area (Å²) in [5.74, 6) is 3.29. The van der Waals surface area contributed by atoms with Crippen molar-refractivity contribution < 1.29 is 4.79 Å². The molecule has 0 radical (unpaired) electrons. The third-order valence-corrected chi connectivity index (χ3v) is 8.45. The largest absolute Gasteiger partial charge is 0.290 e. The monoisotopic (exact) mass is 336 g/mol. The molecule has 0 bridgehead atoms. The van der Waals surface area contributed by atoms with Gasteiger partial charge in [0.25, 0.3) is 0 Å². The fourth-order valence-electron chi connectivity index (χ4n) is 7.24. The van der Waals surface area contributed by atoms with Gasteiger partial charge in [0.15, 0.2) is 5.78 Å². The molecule has 6 atom stereocenters. The Morgan fingerprint density at radius 2 is 2.00 bits per heavy atom. The number of rotatable bonds is 1. The van der Waals surface area contributed by atoms with Crippen LogP contribution in [-0.4, -0.2) is 5.78 Å². The molecule has 0 spiro atoms. The van der Waals surface area contributed by atoms with E-state index in [-0.39, 0.29) is 11.2 Å². The van der Waals surface area contributed by atoms with Gasteiger partial charge in [-0.25, -0.2) is 0 Å². The van der Waals surface area contributed by atoms with E-state index in [0.29, 0.717) is 11.3 Å². The minimum Gasteiger partial charge on any atom is -0.290 e. The molecule has 134 valence electrons. The van der Waals surface area contributed by atoms with E-state index in [1.165, 1.54) is 43.3 Å². The minimum atomic E-state index is 0.129. The van der Waals surface area contributed by atoms with Gasteiger partial charge in [-0.05, 0) is 105 Å². The second-order valence-corrected chi connectivity index (χ2v) is 9.39. The molecule has 0 aliphatic heterocycles. The molecule has 0 aromatic rings. The lowest BCUT2D eigenvalue weighted by Crippen LogP contribution is -2.49. The Morgan fingerprint density at radius 1 is 1.20 bits per heavy atom. The maximum Gasteiger partial charge on any atom is 0.178 e. The average molecular weight is 337 g/mol. The van der Waals surface area contributed by atoms with Gasteiger partial charge < -0.3 is 0 Å². The molecule has 0 aromatic heterocycles. The summed E-state index contributed by atoms with van der Waals surface area (Å²) in [5.41, 5.74) is 6.97. The average Bonchev–Trinajstić information content (AvgIpc) is 2.93. The first-order chi connectivity index (χ1) is 11.9. The van der Waals surface area contributed by atoms with Crippen LogP contribution in [0, 0.1) is 34.5 Å². The molecule has 4 rings (SSSR count). The van der Waals surface area contributed by atoms with Crippen LogP contribution in [0.1, 0.15) is 66.2 Å². The molecule has 0 heterocycles. The minimum absolute atomic E-state index is 0.129. The quantitative estimate of drug-likeness (QED) is 0.534. The highest BCUT2D eigenvalue weighted by atomic mass is 16.1. The second-order valence-electron chi connectivity index (χ2n) is 9.39. The Labute approximate surface area is 153 Å². The predicted octanol–water partition coefficient (Wildman–Crippen LogP) is 6.03. The van der Waals surface area contributed by atoms with Gasteiger partial charge in [0.2, 0.25) is 0 Å². The normalized spacial score (nSPS) is 45.0. The van der Waals surface area contributed by atoms with Crippen LogP contribution in [0.25, 0.3) is 0 Å². The van der Waals surface area contributed by atoms with Crippen molar-refractivity contribution in [1.82, 2.24) is 0 Å². The maximum absolute atomic E-state index is 11.9. The van der Waals surface area contributed by atoms with Crippen LogP contribution in [-0.2, 0) is 4.79 Å². The van der Waals surface area contributed by atoms with E-state index in [1.54, 1.807) is 0 Å². The van der Waals surface area contributed by atoms with Crippen molar-refractivity contribution in [3.8, 4) is 0 Å². The van der Waals surface area contributed by atoms with Gasteiger partial charge >= 0.3 is 0 Å². The first-order valence-corrected chi connectivity index (χ1v) is 10.2. The van der Waals surface area contributed by atoms with Crippen LogP contribution in [0.15, 0.2) is 41.2 Å². The van der Waals surface area contributed by atoms with E-state index in [4.69, 9.17) is 0 Å². The zero-order chi connectivity index (χ0) is 17.8. The first-order valence-electron chi connectivity index (χ1n) is 10.2. The van der Waals surface area contributed by atoms with Crippen LogP contribution in [0.4, 0.5) is 0 Å². The molecular formula is C24H32O. The first kappa shape index (κ1) is 17.1. The number of ketones is 1. The molecule has 4 aliphatic rings. The molecule has 4 aliphatic carbocycles. The summed E-state index contributed by atoms with van der Waals surface area (Å²) in [6, 6.07) is 0. The highest BCUT2D eigenvalue weighted by Gasteiger charge is 2.58. The van der Waals surface area contributed by atoms with Crippen LogP contribution in [0.3, 0.4) is 0 Å². The van der Waals surface area contributed by atoms with E-state index < -0.39 is 0 Å². The molecule has 3 fully saturated rings. The third kappa shape index (κ3) is 2.39. The number of carbonyl (C=O) groups excluding carboxylic acids is 1. The lowest BCUT2D eigenvalue weighted by molar-refractivity contribution is -0.111. The van der Waals surface area contributed by atoms with Crippen LogP contribution < -0.4 is 0 Å². The molecular weight excluding hydrogens is 304 g/mol. The van der Waals surface area contributed by atoms with Crippen molar-refractivity contribution in [2.75, 3.05) is 0 Å². The maximum atomic E-state index is 11.9. The summed E-state index contributed by atoms with van der Waals surface area (Å²) in [4.78, 5) is 11.9. The number of hydrogen-bond donors (Lipinski definition) is 0. The van der Waals surface area contributed by atoms with Crippen LogP contribution in [0.2, 0.25) is 0 Å². The summed E-state index contributed by atoms with van der Waals surface area (Å²) in [6.07, 6.45) is 15.9. The van der Waals surface area contributed by atoms with Gasteiger partial charge in [-0.15, -0.1) is 5.73 Å². The molecule has 0 N–H and O–H groups in total. The van der Waals surface area contributed by atoms with Crippen molar-refractivity contribution in [3.63, 3.8) is 0 Å². The Bertz CT molecular complexity index is 716. The Kier molecular flexibility index (Phi) is 4.00. The van der Waals surface area contributed by atoms with Crippen molar-refractivity contribution >= 4 is 5.78 Å². The predicted molar refractivity (Wildman–Crippen MR) is 103 cm³/mol. The zero-order valence-electron chi connectivity index (χ0n) is 16.3. The number of carbonyl (C=O) groups is 1. The molecule has 1 heteroatoms. The Hall–Kier alpha value is -1.33. The summed E-state index contributed by atoms with van der Waals surface area (Å²) in [6.45, 7) is 9.35. The van der Waals surface area contributed by atoms with Crippen molar-refractivity contribution in [2.24, 2.45) is 34.5 Å². The molecule has 3 unspecified atom stereocenters. The fourth-order valence-corrected chi connectivity index (χ4v) is 7.24. The van der Waals surface area contributed by atoms with E-state index in [1.807, 2.05) is 12.2 Å². The summed E-state index contributed by atoms with van der Waals surface area (Å²) in [5, 5.41) is 0. The van der Waals surface area contributed by atoms with E-state index in [0.717, 1.165) is 24.2 Å². The van der Waals surface area contributed by atoms with Gasteiger partial charge in [0.05, 0.1) is 0 Å². The van der Waals surface area contributed by atoms with E-state index in [9.17, 15) is 4.79 Å². The van der Waals surface area contributed by atoms with Crippen molar-refractivity contribution in [1.29, 1.82) is 0 Å². The van der Waals surface area contributed by atoms with Gasteiger partial charge in [-0.2, -0.15) is 0 Å². The third-order valence-electron chi connectivity index (χ3n) is 8.45. The number of fused-ring (bicyclic) bond motifs is 5. The van der Waals surface area contributed by atoms with Gasteiger partial charge in [-0.1, -0.05) is 25.5 Å². The van der Waals surface area contributed by atoms with Crippen LogP contribution >= 0.6 is 0 Å². The molecule has 0 amide bonds. The molecule has 1 nitrogen and oxygen atoms in total. The van der Waals surface area contributed by atoms with Gasteiger partial charge in [0.1, 0.15) is 0 Å². The van der Waals surface area contributed by atoms with Crippen molar-refractivity contribution in [3.05, 3.63) is 41.2 Å². The smallest absolute Gasteiger partial charge is 0.178 e. The molecule has 3 saturated carbocycles. The van der Waals surface area contributed by atoms with Gasteiger partial charge in [0, 0.05) is 5.41 Å². The lowest BCUT2D eigenvalue weighted by atomic mass is 9.47. The molecule has 0 saturated heterocycles. The SMILES string of the molecule is CC=C=C(C)[C@H]1CCC2C3CCC4=CC(=O)C=C[C@]4(C)C3CC[C@@]21C. The summed E-state index contributed by atoms with van der Waals surface area (Å²) in [7, 11) is 0. The highest BCUT2D eigenvalue weighted by Crippen LogP contribution is 2.66. The molecule has 0 aromatic carbocycles. The zero-order valence-corrected chi connectivity index (χ0v) is 16.3. The van der Waals surface area contributed by atoms with Crippen LogP contribution in [0.5, 0.6) is 0 Å². The van der Waals surface area contributed by atoms with Crippen molar-refractivity contribution in [2.45, 2.75) is 66.2 Å². The Morgan fingerprint density at radius 3 is 2.76 bits per heavy atom. The van der Waals surface area contributed by atoms with E-state index in [2.05, 4.69) is 45.6 Å². The fraction of sp³-hybridized carbons (Fsp3) is 0.667. The lowest BCUT2D eigenvalue weighted by Gasteiger charge is -2.57. The molecule has 25 heavy (non-hydrogen) atoms. The highest BCUT2D eigenvalue weighted by molar-refractivity contribution is 6.01. The Balaban J connectivity index is 1.67. The standard InChI is InChI=1S/C24H32O/c1-5-6-16(2)20-9-10-21-19-8-7-17-15-18(25)11-13-23(17,3)22(19)12-14-24(20,21)4/h5,11,13,15,19-22H,7-10,12,14H2,1-4H3/t6?,19?,20-,21?,22?,23+,24-/m1/s1. The topological polar surface area (TPSA) is 17.1 Å². The number of hydrogen-bond acceptors (Lipinski definition) is 1. The summed E-state index contributed by atoms with van der Waals surface area (Å²) < 4.78 is 0. The second kappa shape index (κ2) is 5.85. The van der Waals surface area contributed by atoms with E-state index >= 15 is 0 Å². The number of allylic oxidation sites excluding steroid dienone is 5.